The fraction of sp³-hybridized carbons (Fsp3) is 0. The van der Waals surface area contributed by atoms with Crippen LogP contribution in [-0.4, -0.2) is 12.7 Å². The summed E-state index contributed by atoms with van der Waals surface area (Å²) in [5, 5.41) is 34.0. The summed E-state index contributed by atoms with van der Waals surface area (Å²) in [5.74, 6) is 0.674. The van der Waals surface area contributed by atoms with Crippen molar-refractivity contribution in [3.8, 4) is 16.9 Å². The lowest BCUT2D eigenvalue weighted by atomic mass is 9.86. The van der Waals surface area contributed by atoms with Gasteiger partial charge < -0.3 is 9.68 Å². The first-order chi connectivity index (χ1) is 32.5. The van der Waals surface area contributed by atoms with Crippen molar-refractivity contribution < 1.29 is 9.68 Å². The largest absolute Gasteiger partial charge is 0.569 e. The van der Waals surface area contributed by atoms with Crippen LogP contribution in [0.5, 0.6) is 5.75 Å². The smallest absolute Gasteiger partial charge is 0.537 e. The zero-order valence-electron chi connectivity index (χ0n) is 35.2. The summed E-state index contributed by atoms with van der Waals surface area (Å²) in [5.41, 5.74) is 2.61. The van der Waals surface area contributed by atoms with Gasteiger partial charge in [-0.1, -0.05) is 200 Å². The standard InChI is InChI=1S/C30H17Br.C16H10BO2.C14H8Br2/c31-30-25-10-3-1-8-21(25)29(22-9-2-4-11-26(22)30)24-17-15-20-13-12-18-6-5-7-19-14-16-23(24)28(20)27(18)19;18-17-19-14-9-7-12-5-4-10-2-1-3-11-6-8-13(14)16(12)15(10)11;15-13-9-5-1-2-6-10(9)14(16)12-8-4-3-7-11(12)13/h1-17H;1-9,18H;1-8H. The average molecular weight is 1040 g/mol. The zero-order chi connectivity index (χ0) is 44.5. The second kappa shape index (κ2) is 16.7. The van der Waals surface area contributed by atoms with Crippen LogP contribution in [0, 0.1) is 0 Å². The third kappa shape index (κ3) is 6.61. The van der Waals surface area contributed by atoms with Crippen molar-refractivity contribution >= 4 is 163 Å². The Labute approximate surface area is 406 Å². The van der Waals surface area contributed by atoms with Gasteiger partial charge in [-0.25, -0.2) is 0 Å². The molecular weight excluding hydrogens is 1000 g/mol. The summed E-state index contributed by atoms with van der Waals surface area (Å²) < 4.78 is 8.70. The molecule has 0 aliphatic heterocycles. The van der Waals surface area contributed by atoms with Crippen LogP contribution in [0.1, 0.15) is 0 Å². The molecule has 0 aliphatic rings. The van der Waals surface area contributed by atoms with Crippen molar-refractivity contribution in [1.29, 1.82) is 0 Å². The minimum absolute atomic E-state index is 0.674. The van der Waals surface area contributed by atoms with Gasteiger partial charge in [0.2, 0.25) is 0 Å². The van der Waals surface area contributed by atoms with E-state index in [-0.39, 0.29) is 0 Å². The van der Waals surface area contributed by atoms with E-state index >= 15 is 0 Å². The van der Waals surface area contributed by atoms with Crippen molar-refractivity contribution in [2.45, 2.75) is 0 Å². The predicted molar refractivity (Wildman–Crippen MR) is 294 cm³/mol. The van der Waals surface area contributed by atoms with Crippen LogP contribution in [0.4, 0.5) is 0 Å². The Morgan fingerprint density at radius 3 is 1.03 bits per heavy atom. The molecule has 0 bridgehead atoms. The topological polar surface area (TPSA) is 29.5 Å². The van der Waals surface area contributed by atoms with E-state index in [0.717, 1.165) is 13.1 Å². The lowest BCUT2D eigenvalue weighted by molar-refractivity contribution is 0.457. The molecular formula is C60H35BBr3O2. The Hall–Kier alpha value is -6.54. The predicted octanol–water partition coefficient (Wildman–Crippen LogP) is 18.3. The third-order valence-electron chi connectivity index (χ3n) is 13.1. The summed E-state index contributed by atoms with van der Waals surface area (Å²) in [6.07, 6.45) is 0. The molecule has 14 rings (SSSR count). The highest BCUT2D eigenvalue weighted by molar-refractivity contribution is 9.11. The molecule has 0 aromatic heterocycles. The van der Waals surface area contributed by atoms with E-state index in [9.17, 15) is 0 Å². The minimum Gasteiger partial charge on any atom is -0.537 e. The van der Waals surface area contributed by atoms with E-state index in [1.54, 1.807) is 0 Å². The van der Waals surface area contributed by atoms with E-state index < -0.39 is 0 Å². The molecule has 0 heterocycles. The summed E-state index contributed by atoms with van der Waals surface area (Å²) in [6.45, 7) is 0. The second-order valence-corrected chi connectivity index (χ2v) is 19.0. The summed E-state index contributed by atoms with van der Waals surface area (Å²) in [4.78, 5) is 0. The Morgan fingerprint density at radius 2 is 0.606 bits per heavy atom. The monoisotopic (exact) mass is 1040 g/mol. The summed E-state index contributed by atoms with van der Waals surface area (Å²) in [7, 11) is 0.728. The molecule has 0 aliphatic carbocycles. The van der Waals surface area contributed by atoms with Crippen LogP contribution < -0.4 is 4.65 Å². The van der Waals surface area contributed by atoms with Gasteiger partial charge in [0.15, 0.2) is 0 Å². The second-order valence-electron chi connectivity index (χ2n) is 16.6. The first-order valence-electron chi connectivity index (χ1n) is 21.8. The van der Waals surface area contributed by atoms with Crippen LogP contribution in [0.2, 0.25) is 0 Å². The molecule has 0 fully saturated rings. The van der Waals surface area contributed by atoms with Crippen molar-refractivity contribution in [1.82, 2.24) is 0 Å². The molecule has 66 heavy (non-hydrogen) atoms. The molecule has 0 saturated carbocycles. The quantitative estimate of drug-likeness (QED) is 0.109. The van der Waals surface area contributed by atoms with Gasteiger partial charge in [0.25, 0.3) is 0 Å². The average Bonchev–Trinajstić information content (AvgIpc) is 3.38. The summed E-state index contributed by atoms with van der Waals surface area (Å²) in [6, 6.07) is 73.1. The maximum Gasteiger partial charge on any atom is 0.569 e. The van der Waals surface area contributed by atoms with Crippen LogP contribution >= 0.6 is 47.8 Å². The fourth-order valence-electron chi connectivity index (χ4n) is 10.2. The Balaban J connectivity index is 0.000000112. The number of halogens is 3. The van der Waals surface area contributed by atoms with Crippen LogP contribution in [0.25, 0.3) is 119 Å². The van der Waals surface area contributed by atoms with Gasteiger partial charge in [-0.2, -0.15) is 0 Å². The number of fused-ring (bicyclic) bond motifs is 4. The van der Waals surface area contributed by atoms with Gasteiger partial charge in [0, 0.05) is 24.2 Å². The molecule has 311 valence electrons. The van der Waals surface area contributed by atoms with E-state index in [1.807, 2.05) is 18.2 Å². The highest BCUT2D eigenvalue weighted by Crippen LogP contribution is 2.46. The highest BCUT2D eigenvalue weighted by Gasteiger charge is 2.18. The minimum atomic E-state index is 0.674. The highest BCUT2D eigenvalue weighted by atomic mass is 79.9. The molecule has 0 amide bonds. The number of rotatable bonds is 3. The number of hydrogen-bond acceptors (Lipinski definition) is 2. The number of benzene rings is 14. The molecule has 0 atom stereocenters. The third-order valence-corrected chi connectivity index (χ3v) is 15.7. The molecule has 14 aromatic rings. The van der Waals surface area contributed by atoms with E-state index in [1.165, 1.54) is 127 Å². The fourth-order valence-corrected chi connectivity index (χ4v) is 12.3. The van der Waals surface area contributed by atoms with Crippen molar-refractivity contribution in [2.75, 3.05) is 0 Å². The van der Waals surface area contributed by atoms with E-state index in [4.69, 9.17) is 9.68 Å². The lowest BCUT2D eigenvalue weighted by Crippen LogP contribution is -2.00. The maximum atomic E-state index is 8.87. The number of hydrogen-bond donors (Lipinski definition) is 1. The van der Waals surface area contributed by atoms with Crippen LogP contribution in [0.15, 0.2) is 220 Å². The molecule has 6 heteroatoms. The van der Waals surface area contributed by atoms with Crippen LogP contribution in [-0.2, 0) is 0 Å². The van der Waals surface area contributed by atoms with Crippen LogP contribution in [0.3, 0.4) is 0 Å². The van der Waals surface area contributed by atoms with Gasteiger partial charge in [0.1, 0.15) is 5.75 Å². The maximum absolute atomic E-state index is 8.87. The first-order valence-corrected chi connectivity index (χ1v) is 24.2. The van der Waals surface area contributed by atoms with Crippen molar-refractivity contribution in [2.24, 2.45) is 0 Å². The Kier molecular flexibility index (Phi) is 10.4. The molecule has 0 unspecified atom stereocenters. The Morgan fingerprint density at radius 1 is 0.288 bits per heavy atom. The lowest BCUT2D eigenvalue weighted by Gasteiger charge is -2.18. The first kappa shape index (κ1) is 40.9. The summed E-state index contributed by atoms with van der Waals surface area (Å²) >= 11 is 11.3. The molecule has 1 N–H and O–H groups in total. The SMILES string of the molecule is Brc1c2ccccc2c(-c2ccc3ccc4cccc5ccc2c3c45)c2ccccc12.Brc1c2ccccc2c(Br)c2ccccc12.O[B]Oc1ccc2ccc3cccc4ccc1c2c34. The Bertz CT molecular complexity index is 3980. The molecule has 1 radical (unpaired) electrons. The van der Waals surface area contributed by atoms with Crippen molar-refractivity contribution in [3.63, 3.8) is 0 Å². The van der Waals surface area contributed by atoms with Gasteiger partial charge in [0.05, 0.1) is 0 Å². The zero-order valence-corrected chi connectivity index (χ0v) is 40.0. The van der Waals surface area contributed by atoms with Gasteiger partial charge >= 0.3 is 7.69 Å². The molecule has 2 nitrogen and oxygen atoms in total. The molecule has 14 aromatic carbocycles. The van der Waals surface area contributed by atoms with Gasteiger partial charge in [-0.3, -0.25) is 0 Å². The van der Waals surface area contributed by atoms with Crippen molar-refractivity contribution in [3.05, 3.63) is 220 Å². The van der Waals surface area contributed by atoms with Gasteiger partial charge in [-0.15, -0.1) is 0 Å². The van der Waals surface area contributed by atoms with E-state index in [2.05, 4.69) is 236 Å². The van der Waals surface area contributed by atoms with E-state index in [0.29, 0.717) is 5.75 Å². The van der Waals surface area contributed by atoms with Gasteiger partial charge in [-0.05, 0) is 162 Å². The normalized spacial score (nSPS) is 11.6. The molecule has 0 spiro atoms. The molecule has 0 saturated heterocycles.